The number of hydrogen-bond acceptors (Lipinski definition) is 8. The SMILES string of the molecule is COc1cc(-c2c(Cl)cc(Nc3n[nH]c(N)n3)cc2C(F)(F)F)ccc1S(=O)NC1CCN(C(=O)OC(C)(C)C)CC1. The molecule has 1 fully saturated rings. The Hall–Kier alpha value is -3.56. The Bertz CT molecular complexity index is 1470. The lowest BCUT2D eigenvalue weighted by Gasteiger charge is -2.33. The summed E-state index contributed by atoms with van der Waals surface area (Å²) in [5, 5.41) is 8.59. The number of nitrogens with two attached hydrogens (primary N) is 1. The van der Waals surface area contributed by atoms with Crippen LogP contribution < -0.4 is 20.5 Å². The fourth-order valence-electron chi connectivity index (χ4n) is 4.35. The zero-order chi connectivity index (χ0) is 30.8. The van der Waals surface area contributed by atoms with Crippen LogP contribution in [0.2, 0.25) is 5.02 Å². The number of rotatable bonds is 7. The number of benzene rings is 2. The van der Waals surface area contributed by atoms with Gasteiger partial charge in [0.25, 0.3) is 0 Å². The van der Waals surface area contributed by atoms with Gasteiger partial charge in [0.15, 0.2) is 0 Å². The summed E-state index contributed by atoms with van der Waals surface area (Å²) >= 11 is 6.38. The van der Waals surface area contributed by atoms with Gasteiger partial charge < -0.3 is 25.4 Å². The first kappa shape index (κ1) is 31.4. The lowest BCUT2D eigenvalue weighted by Crippen LogP contribution is -2.46. The molecule has 0 radical (unpaired) electrons. The number of carbonyl (C=O) groups excluding carboxylic acids is 1. The normalized spacial score (nSPS) is 15.4. The Balaban J connectivity index is 1.53. The summed E-state index contributed by atoms with van der Waals surface area (Å²) in [6.45, 7) is 6.23. The lowest BCUT2D eigenvalue weighted by molar-refractivity contribution is -0.137. The van der Waals surface area contributed by atoms with Crippen molar-refractivity contribution >= 4 is 46.3 Å². The Morgan fingerprint density at radius 2 is 1.88 bits per heavy atom. The van der Waals surface area contributed by atoms with Crippen molar-refractivity contribution in [3.63, 3.8) is 0 Å². The maximum atomic E-state index is 14.2. The molecule has 2 heterocycles. The van der Waals surface area contributed by atoms with E-state index >= 15 is 0 Å². The highest BCUT2D eigenvalue weighted by molar-refractivity contribution is 7.83. The van der Waals surface area contributed by atoms with E-state index in [0.717, 1.165) is 6.07 Å². The number of likely N-dealkylation sites (tertiary alicyclic amines) is 1. The number of anilines is 3. The van der Waals surface area contributed by atoms with Gasteiger partial charge in [0, 0.05) is 30.4 Å². The number of nitrogen functional groups attached to an aromatic ring is 1. The third-order valence-corrected chi connectivity index (χ3v) is 7.81. The third kappa shape index (κ3) is 7.63. The largest absolute Gasteiger partial charge is 0.495 e. The van der Waals surface area contributed by atoms with Gasteiger partial charge in [-0.2, -0.15) is 18.2 Å². The zero-order valence-electron chi connectivity index (χ0n) is 23.3. The number of carbonyl (C=O) groups is 1. The highest BCUT2D eigenvalue weighted by Gasteiger charge is 2.36. The molecule has 3 aromatic rings. The first-order valence-electron chi connectivity index (χ1n) is 12.8. The number of ether oxygens (including phenoxy) is 2. The van der Waals surface area contributed by atoms with Crippen LogP contribution in [0.3, 0.4) is 0 Å². The van der Waals surface area contributed by atoms with Crippen LogP contribution in [-0.4, -0.2) is 62.2 Å². The summed E-state index contributed by atoms with van der Waals surface area (Å²) in [5.41, 5.74) is 3.71. The van der Waals surface area contributed by atoms with Crippen LogP contribution in [0, 0.1) is 0 Å². The van der Waals surface area contributed by atoms with Crippen molar-refractivity contribution in [2.75, 3.05) is 31.2 Å². The molecule has 2 aromatic carbocycles. The van der Waals surface area contributed by atoms with E-state index in [2.05, 4.69) is 25.2 Å². The smallest absolute Gasteiger partial charge is 0.417 e. The second kappa shape index (κ2) is 12.4. The van der Waals surface area contributed by atoms with Crippen molar-refractivity contribution in [1.82, 2.24) is 24.8 Å². The third-order valence-electron chi connectivity index (χ3n) is 6.23. The number of nitrogens with one attached hydrogen (secondary N) is 3. The molecule has 11 nitrogen and oxygen atoms in total. The van der Waals surface area contributed by atoms with Gasteiger partial charge in [-0.25, -0.2) is 18.8 Å². The van der Waals surface area contributed by atoms with E-state index in [1.54, 1.807) is 25.7 Å². The molecule has 42 heavy (non-hydrogen) atoms. The van der Waals surface area contributed by atoms with Crippen molar-refractivity contribution in [2.45, 2.75) is 56.3 Å². The quantitative estimate of drug-likeness (QED) is 0.268. The van der Waals surface area contributed by atoms with E-state index in [-0.39, 0.29) is 50.4 Å². The minimum atomic E-state index is -4.76. The predicted octanol–water partition coefficient (Wildman–Crippen LogP) is 5.49. The van der Waals surface area contributed by atoms with Gasteiger partial charge in [0.1, 0.15) is 22.3 Å². The van der Waals surface area contributed by atoms with Crippen LogP contribution in [0.5, 0.6) is 5.75 Å². The van der Waals surface area contributed by atoms with Gasteiger partial charge in [0.2, 0.25) is 11.9 Å². The van der Waals surface area contributed by atoms with Crippen LogP contribution in [-0.2, 0) is 21.9 Å². The molecular formula is C26H31ClF3N7O4S. The molecule has 1 aliphatic heterocycles. The van der Waals surface area contributed by atoms with Crippen LogP contribution in [0.25, 0.3) is 11.1 Å². The molecule has 1 atom stereocenters. The molecule has 0 spiro atoms. The Kier molecular flexibility index (Phi) is 9.23. The van der Waals surface area contributed by atoms with Gasteiger partial charge in [0.05, 0.1) is 22.6 Å². The summed E-state index contributed by atoms with van der Waals surface area (Å²) in [5.74, 6) is 0.0784. The predicted molar refractivity (Wildman–Crippen MR) is 153 cm³/mol. The summed E-state index contributed by atoms with van der Waals surface area (Å²) in [6, 6.07) is 6.23. The van der Waals surface area contributed by atoms with Crippen LogP contribution in [0.1, 0.15) is 39.2 Å². The number of aromatic amines is 1. The fourth-order valence-corrected chi connectivity index (χ4v) is 5.86. The van der Waals surface area contributed by atoms with Crippen molar-refractivity contribution < 1.29 is 31.6 Å². The maximum absolute atomic E-state index is 14.2. The number of H-pyrrole nitrogens is 1. The Morgan fingerprint density at radius 3 is 2.45 bits per heavy atom. The number of piperidine rings is 1. The summed E-state index contributed by atoms with van der Waals surface area (Å²) in [6.07, 6.45) is -4.09. The molecule has 1 aromatic heterocycles. The Labute approximate surface area is 247 Å². The molecule has 4 rings (SSSR count). The van der Waals surface area contributed by atoms with Crippen molar-refractivity contribution in [1.29, 1.82) is 0 Å². The van der Waals surface area contributed by atoms with Gasteiger partial charge in [-0.05, 0) is 63.4 Å². The average molecular weight is 630 g/mol. The van der Waals surface area contributed by atoms with Crippen molar-refractivity contribution in [3.8, 4) is 16.9 Å². The van der Waals surface area contributed by atoms with Crippen LogP contribution in [0.4, 0.5) is 35.5 Å². The van der Waals surface area contributed by atoms with Gasteiger partial charge in [-0.3, -0.25) is 0 Å². The first-order chi connectivity index (χ1) is 19.6. The number of nitrogens with zero attached hydrogens (tertiary/aromatic N) is 3. The van der Waals surface area contributed by atoms with Gasteiger partial charge in [-0.15, -0.1) is 5.10 Å². The van der Waals surface area contributed by atoms with E-state index in [9.17, 15) is 22.2 Å². The molecular weight excluding hydrogens is 599 g/mol. The van der Waals surface area contributed by atoms with Gasteiger partial charge >= 0.3 is 12.3 Å². The topological polar surface area (TPSA) is 147 Å². The minimum Gasteiger partial charge on any atom is -0.495 e. The van der Waals surface area contributed by atoms with Crippen molar-refractivity contribution in [3.05, 3.63) is 40.9 Å². The second-order valence-electron chi connectivity index (χ2n) is 10.5. The molecule has 5 N–H and O–H groups in total. The zero-order valence-corrected chi connectivity index (χ0v) is 24.8. The summed E-state index contributed by atoms with van der Waals surface area (Å²) in [4.78, 5) is 18.0. The van der Waals surface area contributed by atoms with E-state index in [4.69, 9.17) is 26.8 Å². The van der Waals surface area contributed by atoms with Crippen molar-refractivity contribution in [2.24, 2.45) is 0 Å². The molecule has 1 unspecified atom stereocenters. The second-order valence-corrected chi connectivity index (χ2v) is 12.2. The number of aromatic nitrogens is 3. The molecule has 228 valence electrons. The Morgan fingerprint density at radius 1 is 1.19 bits per heavy atom. The van der Waals surface area contributed by atoms with Crippen LogP contribution >= 0.6 is 11.6 Å². The van der Waals surface area contributed by atoms with Crippen LogP contribution in [0.15, 0.2) is 35.2 Å². The number of alkyl halides is 3. The van der Waals surface area contributed by atoms with Gasteiger partial charge in [-0.1, -0.05) is 17.7 Å². The molecule has 0 aliphatic carbocycles. The van der Waals surface area contributed by atoms with E-state index in [1.165, 1.54) is 31.4 Å². The summed E-state index contributed by atoms with van der Waals surface area (Å²) in [7, 11) is -0.415. The number of hydrogen-bond donors (Lipinski definition) is 4. The highest BCUT2D eigenvalue weighted by Crippen LogP contribution is 2.44. The van der Waals surface area contributed by atoms with E-state index in [1.807, 2.05) is 0 Å². The number of methoxy groups -OCH3 is 1. The molecule has 1 amide bonds. The molecule has 0 bridgehead atoms. The number of amides is 1. The summed E-state index contributed by atoms with van der Waals surface area (Å²) < 4.78 is 69.6. The minimum absolute atomic E-state index is 0.00156. The molecule has 16 heteroatoms. The van der Waals surface area contributed by atoms with E-state index < -0.39 is 34.4 Å². The maximum Gasteiger partial charge on any atom is 0.417 e. The molecule has 0 saturated carbocycles. The molecule has 1 aliphatic rings. The average Bonchev–Trinajstić information content (AvgIpc) is 3.31. The fraction of sp³-hybridized carbons (Fsp3) is 0.423. The standard InChI is InChI=1S/C26H31ClF3N7O4S/c1-25(2,3)41-24(38)37-9-7-15(8-10-37)36-42(39)20-6-5-14(11-19(20)40-4)21-17(26(28,29)30)12-16(13-18(21)27)32-23-33-22(31)34-35-23/h5-6,11-13,15,36H,7-10H2,1-4H3,(H4,31,32,33,34,35). The first-order valence-corrected chi connectivity index (χ1v) is 14.4. The monoisotopic (exact) mass is 629 g/mol. The molecule has 1 saturated heterocycles. The van der Waals surface area contributed by atoms with E-state index in [0.29, 0.717) is 25.9 Å². The lowest BCUT2D eigenvalue weighted by atomic mass is 9.98. The number of halogens is 4. The highest BCUT2D eigenvalue weighted by atomic mass is 35.5.